The standard InChI is InChI=1S/C15H14O3S/c1-10-4-2-3-5-15(10)19-9-14(18)11-6-7-12(16)13(17)8-11/h2-8,16-17H,9H2,1H3. The number of phenolic OH excluding ortho intramolecular Hbond substituents is 2. The summed E-state index contributed by atoms with van der Waals surface area (Å²) in [4.78, 5) is 13.0. The number of hydrogen-bond acceptors (Lipinski definition) is 4. The maximum absolute atomic E-state index is 12.0. The van der Waals surface area contributed by atoms with Gasteiger partial charge >= 0.3 is 0 Å². The Morgan fingerprint density at radius 3 is 2.53 bits per heavy atom. The van der Waals surface area contributed by atoms with Crippen molar-refractivity contribution in [1.82, 2.24) is 0 Å². The highest BCUT2D eigenvalue weighted by Gasteiger charge is 2.10. The Morgan fingerprint density at radius 2 is 1.84 bits per heavy atom. The fraction of sp³-hybridized carbons (Fsp3) is 0.133. The second-order valence-electron chi connectivity index (χ2n) is 4.18. The molecule has 0 radical (unpaired) electrons. The average molecular weight is 274 g/mol. The summed E-state index contributed by atoms with van der Waals surface area (Å²) in [5.74, 6) is -0.270. The van der Waals surface area contributed by atoms with Gasteiger partial charge in [0.1, 0.15) is 0 Å². The van der Waals surface area contributed by atoms with Gasteiger partial charge < -0.3 is 10.2 Å². The Labute approximate surface area is 115 Å². The number of hydrogen-bond donors (Lipinski definition) is 2. The average Bonchev–Trinajstić information content (AvgIpc) is 2.40. The van der Waals surface area contributed by atoms with Crippen LogP contribution in [0.1, 0.15) is 15.9 Å². The van der Waals surface area contributed by atoms with E-state index in [1.165, 1.54) is 30.0 Å². The van der Waals surface area contributed by atoms with Crippen molar-refractivity contribution in [3.05, 3.63) is 53.6 Å². The van der Waals surface area contributed by atoms with Gasteiger partial charge in [0.15, 0.2) is 17.3 Å². The van der Waals surface area contributed by atoms with Crippen molar-refractivity contribution in [2.75, 3.05) is 5.75 Å². The Kier molecular flexibility index (Phi) is 4.12. The molecule has 19 heavy (non-hydrogen) atoms. The van der Waals surface area contributed by atoms with Gasteiger partial charge in [0.2, 0.25) is 0 Å². The fourth-order valence-electron chi connectivity index (χ4n) is 1.64. The van der Waals surface area contributed by atoms with Gasteiger partial charge in [-0.3, -0.25) is 4.79 Å². The number of thioether (sulfide) groups is 1. The summed E-state index contributed by atoms with van der Waals surface area (Å²) >= 11 is 1.47. The maximum atomic E-state index is 12.0. The number of rotatable bonds is 4. The highest BCUT2D eigenvalue weighted by molar-refractivity contribution is 8.00. The van der Waals surface area contributed by atoms with Crippen LogP contribution in [0.25, 0.3) is 0 Å². The molecular weight excluding hydrogens is 260 g/mol. The third kappa shape index (κ3) is 3.29. The van der Waals surface area contributed by atoms with Gasteiger partial charge in [0.25, 0.3) is 0 Å². The van der Waals surface area contributed by atoms with Crippen LogP contribution in [0.5, 0.6) is 11.5 Å². The zero-order valence-corrected chi connectivity index (χ0v) is 11.3. The minimum absolute atomic E-state index is 0.0800. The lowest BCUT2D eigenvalue weighted by atomic mass is 10.1. The van der Waals surface area contributed by atoms with Gasteiger partial charge in [-0.25, -0.2) is 0 Å². The first-order chi connectivity index (χ1) is 9.08. The number of benzene rings is 2. The van der Waals surface area contributed by atoms with Crippen LogP contribution in [-0.2, 0) is 0 Å². The number of ketones is 1. The van der Waals surface area contributed by atoms with Crippen LogP contribution >= 0.6 is 11.8 Å². The molecule has 0 aliphatic heterocycles. The topological polar surface area (TPSA) is 57.5 Å². The first kappa shape index (κ1) is 13.5. The Morgan fingerprint density at radius 1 is 1.11 bits per heavy atom. The fourth-order valence-corrected chi connectivity index (χ4v) is 2.57. The van der Waals surface area contributed by atoms with Crippen LogP contribution in [0.15, 0.2) is 47.4 Å². The van der Waals surface area contributed by atoms with E-state index in [0.717, 1.165) is 10.5 Å². The van der Waals surface area contributed by atoms with Crippen molar-refractivity contribution in [3.63, 3.8) is 0 Å². The van der Waals surface area contributed by atoms with Crippen LogP contribution in [0.3, 0.4) is 0 Å². The minimum atomic E-state index is -0.272. The third-order valence-electron chi connectivity index (χ3n) is 2.75. The second-order valence-corrected chi connectivity index (χ2v) is 5.20. The number of aryl methyl sites for hydroxylation is 1. The number of carbonyl (C=O) groups excluding carboxylic acids is 1. The van der Waals surface area contributed by atoms with Gasteiger partial charge in [-0.05, 0) is 36.8 Å². The lowest BCUT2D eigenvalue weighted by Crippen LogP contribution is -2.02. The first-order valence-electron chi connectivity index (χ1n) is 5.81. The molecule has 2 aromatic carbocycles. The smallest absolute Gasteiger partial charge is 0.173 e. The monoisotopic (exact) mass is 274 g/mol. The zero-order valence-electron chi connectivity index (χ0n) is 10.5. The van der Waals surface area contributed by atoms with Gasteiger partial charge in [-0.2, -0.15) is 0 Å². The van der Waals surface area contributed by atoms with Crippen LogP contribution in [-0.4, -0.2) is 21.7 Å². The van der Waals surface area contributed by atoms with E-state index in [1.807, 2.05) is 31.2 Å². The third-order valence-corrected chi connectivity index (χ3v) is 3.93. The van der Waals surface area contributed by atoms with E-state index in [1.54, 1.807) is 0 Å². The molecule has 3 nitrogen and oxygen atoms in total. The second kappa shape index (κ2) is 5.80. The SMILES string of the molecule is Cc1ccccc1SCC(=O)c1ccc(O)c(O)c1. The number of Topliss-reactive ketones (excluding diaryl/α,β-unsaturated/α-hetero) is 1. The summed E-state index contributed by atoms with van der Waals surface area (Å²) < 4.78 is 0. The molecule has 0 aliphatic carbocycles. The van der Waals surface area contributed by atoms with Crippen molar-refractivity contribution in [2.24, 2.45) is 0 Å². The number of carbonyl (C=O) groups is 1. The first-order valence-corrected chi connectivity index (χ1v) is 6.80. The molecule has 2 aromatic rings. The van der Waals surface area contributed by atoms with Gasteiger partial charge in [-0.15, -0.1) is 11.8 Å². The van der Waals surface area contributed by atoms with Gasteiger partial charge in [0.05, 0.1) is 5.75 Å². The summed E-state index contributed by atoms with van der Waals surface area (Å²) in [6.07, 6.45) is 0. The number of phenols is 2. The molecule has 2 rings (SSSR count). The van der Waals surface area contributed by atoms with E-state index in [4.69, 9.17) is 0 Å². The van der Waals surface area contributed by atoms with E-state index in [2.05, 4.69) is 0 Å². The van der Waals surface area contributed by atoms with E-state index in [0.29, 0.717) is 11.3 Å². The summed E-state index contributed by atoms with van der Waals surface area (Å²) in [5.41, 5.74) is 1.53. The lowest BCUT2D eigenvalue weighted by Gasteiger charge is -2.05. The normalized spacial score (nSPS) is 10.4. The van der Waals surface area contributed by atoms with Crippen LogP contribution in [0.2, 0.25) is 0 Å². The zero-order chi connectivity index (χ0) is 13.8. The summed E-state index contributed by atoms with van der Waals surface area (Å²) in [6, 6.07) is 12.0. The molecule has 0 unspecified atom stereocenters. The molecule has 4 heteroatoms. The molecule has 0 saturated carbocycles. The van der Waals surface area contributed by atoms with Crippen molar-refractivity contribution in [3.8, 4) is 11.5 Å². The summed E-state index contributed by atoms with van der Waals surface area (Å²) in [6.45, 7) is 2.00. The lowest BCUT2D eigenvalue weighted by molar-refractivity contribution is 0.102. The van der Waals surface area contributed by atoms with E-state index >= 15 is 0 Å². The van der Waals surface area contributed by atoms with Crippen molar-refractivity contribution in [2.45, 2.75) is 11.8 Å². The highest BCUT2D eigenvalue weighted by Crippen LogP contribution is 2.27. The summed E-state index contributed by atoms with van der Waals surface area (Å²) in [7, 11) is 0. The predicted octanol–water partition coefficient (Wildman–Crippen LogP) is 3.38. The Bertz CT molecular complexity index is 608. The Hall–Kier alpha value is -1.94. The molecule has 0 aromatic heterocycles. The molecule has 0 bridgehead atoms. The van der Waals surface area contributed by atoms with Crippen molar-refractivity contribution in [1.29, 1.82) is 0 Å². The molecule has 0 spiro atoms. The van der Waals surface area contributed by atoms with Gasteiger partial charge in [-0.1, -0.05) is 18.2 Å². The summed E-state index contributed by atoms with van der Waals surface area (Å²) in [5, 5.41) is 18.6. The molecule has 0 atom stereocenters. The van der Waals surface area contributed by atoms with Gasteiger partial charge in [0, 0.05) is 10.5 Å². The minimum Gasteiger partial charge on any atom is -0.504 e. The molecule has 0 aliphatic rings. The highest BCUT2D eigenvalue weighted by atomic mass is 32.2. The van der Waals surface area contributed by atoms with E-state index in [-0.39, 0.29) is 17.3 Å². The van der Waals surface area contributed by atoms with E-state index in [9.17, 15) is 15.0 Å². The van der Waals surface area contributed by atoms with Crippen LogP contribution < -0.4 is 0 Å². The molecular formula is C15H14O3S. The predicted molar refractivity (Wildman–Crippen MR) is 76.0 cm³/mol. The quantitative estimate of drug-likeness (QED) is 0.510. The molecule has 2 N–H and O–H groups in total. The molecule has 0 saturated heterocycles. The molecule has 0 fully saturated rings. The largest absolute Gasteiger partial charge is 0.504 e. The van der Waals surface area contributed by atoms with Crippen LogP contribution in [0, 0.1) is 6.92 Å². The van der Waals surface area contributed by atoms with Crippen molar-refractivity contribution < 1.29 is 15.0 Å². The van der Waals surface area contributed by atoms with Crippen LogP contribution in [0.4, 0.5) is 0 Å². The number of aromatic hydroxyl groups is 2. The van der Waals surface area contributed by atoms with Crippen molar-refractivity contribution >= 4 is 17.5 Å². The maximum Gasteiger partial charge on any atom is 0.173 e. The molecule has 0 heterocycles. The van der Waals surface area contributed by atoms with E-state index < -0.39 is 0 Å². The molecule has 98 valence electrons. The Balaban J connectivity index is 2.05. The molecule has 0 amide bonds.